The molecule has 0 N–H and O–H groups in total. The van der Waals surface area contributed by atoms with Crippen molar-refractivity contribution in [3.05, 3.63) is 12.3 Å². The molecule has 96 valence electrons. The maximum atomic E-state index is 12.4. The molecule has 0 saturated heterocycles. The number of aromatic nitrogens is 2. The predicted octanol–water partition coefficient (Wildman–Crippen LogP) is 2.01. The van der Waals surface area contributed by atoms with Crippen molar-refractivity contribution in [2.24, 2.45) is 0 Å². The fraction of sp³-hybridized carbons (Fsp3) is 0.600. The van der Waals surface area contributed by atoms with Gasteiger partial charge in [0.2, 0.25) is 5.95 Å². The van der Waals surface area contributed by atoms with Crippen molar-refractivity contribution in [1.82, 2.24) is 9.97 Å². The summed E-state index contributed by atoms with van der Waals surface area (Å²) in [6.07, 6.45) is -0.809. The Morgan fingerprint density at radius 2 is 2.12 bits per heavy atom. The minimum absolute atomic E-state index is 0.324. The van der Waals surface area contributed by atoms with E-state index in [4.69, 9.17) is 0 Å². The molecule has 0 fully saturated rings. The average Bonchev–Trinajstić information content (AvgIpc) is 2.28. The van der Waals surface area contributed by atoms with Crippen molar-refractivity contribution in [2.75, 3.05) is 42.3 Å². The fourth-order valence-corrected chi connectivity index (χ4v) is 1.73. The third-order valence-electron chi connectivity index (χ3n) is 2.06. The van der Waals surface area contributed by atoms with Gasteiger partial charge in [0.25, 0.3) is 6.43 Å². The van der Waals surface area contributed by atoms with Crippen molar-refractivity contribution in [2.45, 2.75) is 6.43 Å². The number of rotatable bonds is 6. The van der Waals surface area contributed by atoms with Crippen LogP contribution in [0.15, 0.2) is 12.3 Å². The van der Waals surface area contributed by atoms with Gasteiger partial charge in [0, 0.05) is 32.2 Å². The standard InChI is InChI=1S/C10H15BrF2N4/c1-16(2)10-14-5-3-9(15-10)17(6-4-11)7-8(12)13/h3,5,8H,4,6-7H2,1-2H3. The van der Waals surface area contributed by atoms with Crippen molar-refractivity contribution in [3.8, 4) is 0 Å². The Hall–Kier alpha value is -0.980. The van der Waals surface area contributed by atoms with Crippen LogP contribution in [0.4, 0.5) is 20.5 Å². The van der Waals surface area contributed by atoms with E-state index in [0.717, 1.165) is 0 Å². The third kappa shape index (κ3) is 4.41. The van der Waals surface area contributed by atoms with Crippen LogP contribution in [0.5, 0.6) is 0 Å². The molecule has 1 rings (SSSR count). The molecule has 4 nitrogen and oxygen atoms in total. The second-order valence-corrected chi connectivity index (χ2v) is 4.43. The van der Waals surface area contributed by atoms with E-state index in [1.165, 1.54) is 4.90 Å². The first-order valence-corrected chi connectivity index (χ1v) is 6.26. The number of alkyl halides is 3. The molecule has 1 aromatic rings. The topological polar surface area (TPSA) is 32.3 Å². The van der Waals surface area contributed by atoms with E-state index < -0.39 is 6.43 Å². The van der Waals surface area contributed by atoms with Crippen LogP contribution in [0, 0.1) is 0 Å². The molecule has 7 heteroatoms. The van der Waals surface area contributed by atoms with Crippen molar-refractivity contribution in [1.29, 1.82) is 0 Å². The highest BCUT2D eigenvalue weighted by Crippen LogP contribution is 2.15. The number of anilines is 2. The van der Waals surface area contributed by atoms with Gasteiger partial charge in [-0.1, -0.05) is 15.9 Å². The molecular formula is C10H15BrF2N4. The lowest BCUT2D eigenvalue weighted by Gasteiger charge is -2.23. The highest BCUT2D eigenvalue weighted by atomic mass is 79.9. The highest BCUT2D eigenvalue weighted by molar-refractivity contribution is 9.09. The lowest BCUT2D eigenvalue weighted by molar-refractivity contribution is 0.155. The summed E-state index contributed by atoms with van der Waals surface area (Å²) >= 11 is 3.24. The smallest absolute Gasteiger partial charge is 0.255 e. The van der Waals surface area contributed by atoms with E-state index in [1.54, 1.807) is 31.3 Å². The quantitative estimate of drug-likeness (QED) is 0.753. The Balaban J connectivity index is 2.88. The van der Waals surface area contributed by atoms with Crippen LogP contribution in [0.2, 0.25) is 0 Å². The Kier molecular flexibility index (Phi) is 5.54. The van der Waals surface area contributed by atoms with E-state index >= 15 is 0 Å². The van der Waals surface area contributed by atoms with Crippen LogP contribution in [0.3, 0.4) is 0 Å². The zero-order valence-electron chi connectivity index (χ0n) is 9.78. The monoisotopic (exact) mass is 308 g/mol. The Morgan fingerprint density at radius 3 is 2.65 bits per heavy atom. The van der Waals surface area contributed by atoms with E-state index in [0.29, 0.717) is 23.6 Å². The number of hydrogen-bond acceptors (Lipinski definition) is 4. The molecule has 0 aliphatic rings. The molecule has 0 bridgehead atoms. The van der Waals surface area contributed by atoms with Gasteiger partial charge in [-0.25, -0.2) is 13.8 Å². The van der Waals surface area contributed by atoms with E-state index in [9.17, 15) is 8.78 Å². The zero-order chi connectivity index (χ0) is 12.8. The summed E-state index contributed by atoms with van der Waals surface area (Å²) in [6, 6.07) is 1.64. The van der Waals surface area contributed by atoms with Gasteiger partial charge in [-0.3, -0.25) is 0 Å². The molecule has 1 aromatic heterocycles. The average molecular weight is 309 g/mol. The van der Waals surface area contributed by atoms with Crippen LogP contribution in [0.25, 0.3) is 0 Å². The lowest BCUT2D eigenvalue weighted by Crippen LogP contribution is -2.31. The van der Waals surface area contributed by atoms with Crippen molar-refractivity contribution >= 4 is 27.7 Å². The Labute approximate surface area is 108 Å². The molecular weight excluding hydrogens is 294 g/mol. The lowest BCUT2D eigenvalue weighted by atomic mass is 10.4. The van der Waals surface area contributed by atoms with E-state index in [-0.39, 0.29) is 6.54 Å². The maximum absolute atomic E-state index is 12.4. The van der Waals surface area contributed by atoms with Crippen LogP contribution in [-0.4, -0.2) is 48.9 Å². The molecule has 0 unspecified atom stereocenters. The predicted molar refractivity (Wildman–Crippen MR) is 68.4 cm³/mol. The molecule has 0 aromatic carbocycles. The molecule has 0 radical (unpaired) electrons. The fourth-order valence-electron chi connectivity index (χ4n) is 1.30. The first-order valence-electron chi connectivity index (χ1n) is 5.14. The van der Waals surface area contributed by atoms with Crippen LogP contribution in [0.1, 0.15) is 0 Å². The molecule has 0 aliphatic carbocycles. The third-order valence-corrected chi connectivity index (χ3v) is 2.42. The Bertz CT molecular complexity index is 349. The molecule has 0 saturated carbocycles. The molecule has 0 amide bonds. The first-order chi connectivity index (χ1) is 8.04. The summed E-state index contributed by atoms with van der Waals surface area (Å²) in [7, 11) is 3.61. The second-order valence-electron chi connectivity index (χ2n) is 3.64. The number of halogens is 3. The van der Waals surface area contributed by atoms with Gasteiger partial charge in [0.15, 0.2) is 0 Å². The SMILES string of the molecule is CN(C)c1nccc(N(CCBr)CC(F)F)n1. The van der Waals surface area contributed by atoms with Gasteiger partial charge in [-0.15, -0.1) is 0 Å². The summed E-state index contributed by atoms with van der Waals surface area (Å²) in [4.78, 5) is 11.6. The van der Waals surface area contributed by atoms with Gasteiger partial charge in [0.05, 0.1) is 6.54 Å². The number of hydrogen-bond donors (Lipinski definition) is 0. The van der Waals surface area contributed by atoms with Crippen LogP contribution >= 0.6 is 15.9 Å². The molecule has 0 atom stereocenters. The Morgan fingerprint density at radius 1 is 1.41 bits per heavy atom. The van der Waals surface area contributed by atoms with Gasteiger partial charge in [-0.05, 0) is 6.07 Å². The maximum Gasteiger partial charge on any atom is 0.255 e. The van der Waals surface area contributed by atoms with Crippen LogP contribution < -0.4 is 9.80 Å². The van der Waals surface area contributed by atoms with Gasteiger partial charge >= 0.3 is 0 Å². The molecule has 1 heterocycles. The first kappa shape index (κ1) is 14.1. The molecule has 17 heavy (non-hydrogen) atoms. The van der Waals surface area contributed by atoms with Gasteiger partial charge < -0.3 is 9.80 Å². The number of nitrogens with zero attached hydrogens (tertiary/aromatic N) is 4. The summed E-state index contributed by atoms with van der Waals surface area (Å²) in [6.45, 7) is 0.156. The largest absolute Gasteiger partial charge is 0.350 e. The summed E-state index contributed by atoms with van der Waals surface area (Å²) in [5.41, 5.74) is 0. The molecule has 0 aliphatic heterocycles. The minimum Gasteiger partial charge on any atom is -0.350 e. The summed E-state index contributed by atoms with van der Waals surface area (Å²) in [5, 5.41) is 0.612. The summed E-state index contributed by atoms with van der Waals surface area (Å²) < 4.78 is 24.9. The highest BCUT2D eigenvalue weighted by Gasteiger charge is 2.14. The van der Waals surface area contributed by atoms with Crippen LogP contribution in [-0.2, 0) is 0 Å². The van der Waals surface area contributed by atoms with E-state index in [1.807, 2.05) is 0 Å². The second kappa shape index (κ2) is 6.68. The van der Waals surface area contributed by atoms with Crippen molar-refractivity contribution in [3.63, 3.8) is 0 Å². The summed E-state index contributed by atoms with van der Waals surface area (Å²) in [5.74, 6) is 1.03. The van der Waals surface area contributed by atoms with E-state index in [2.05, 4.69) is 25.9 Å². The molecule has 0 spiro atoms. The van der Waals surface area contributed by atoms with Gasteiger partial charge in [0.1, 0.15) is 5.82 Å². The van der Waals surface area contributed by atoms with Crippen molar-refractivity contribution < 1.29 is 8.78 Å². The minimum atomic E-state index is -2.38. The normalized spacial score (nSPS) is 10.7. The van der Waals surface area contributed by atoms with Gasteiger partial charge in [-0.2, -0.15) is 4.98 Å². The zero-order valence-corrected chi connectivity index (χ0v) is 11.4.